The Balaban J connectivity index is 2.00. The molecule has 2 N–H and O–H groups in total. The topological polar surface area (TPSA) is 56.8 Å². The fourth-order valence-corrected chi connectivity index (χ4v) is 2.17. The normalized spacial score (nSPS) is 11.5. The fourth-order valence-electron chi connectivity index (χ4n) is 2.17. The predicted octanol–water partition coefficient (Wildman–Crippen LogP) is 2.08. The molecule has 0 aliphatic heterocycles. The molecule has 5 heteroatoms. The van der Waals surface area contributed by atoms with Gasteiger partial charge in [-0.1, -0.05) is 18.2 Å². The summed E-state index contributed by atoms with van der Waals surface area (Å²) in [5, 5.41) is 4.49. The van der Waals surface area contributed by atoms with Crippen LogP contribution in [0.5, 0.6) is 0 Å². The molecule has 5 nitrogen and oxygen atoms in total. The number of aromatic nitrogens is 3. The van der Waals surface area contributed by atoms with Crippen molar-refractivity contribution < 1.29 is 0 Å². The van der Waals surface area contributed by atoms with Crippen molar-refractivity contribution in [3.63, 3.8) is 0 Å². The molecule has 0 aliphatic carbocycles. The molecule has 0 unspecified atom stereocenters. The molecule has 0 fully saturated rings. The van der Waals surface area contributed by atoms with E-state index in [2.05, 4.69) is 51.4 Å². The summed E-state index contributed by atoms with van der Waals surface area (Å²) in [6.07, 6.45) is 1.61. The summed E-state index contributed by atoms with van der Waals surface area (Å²) in [4.78, 5) is 14.2. The first-order chi connectivity index (χ1) is 9.25. The minimum absolute atomic E-state index is 0.856. The lowest BCUT2D eigenvalue weighted by Gasteiger charge is -2.10. The van der Waals surface area contributed by atoms with E-state index in [1.54, 1.807) is 6.33 Å². The second-order valence-electron chi connectivity index (χ2n) is 4.85. The van der Waals surface area contributed by atoms with E-state index < -0.39 is 0 Å². The van der Waals surface area contributed by atoms with Crippen molar-refractivity contribution in [2.75, 3.05) is 32.5 Å². The van der Waals surface area contributed by atoms with E-state index in [4.69, 9.17) is 0 Å². The summed E-state index contributed by atoms with van der Waals surface area (Å²) in [7, 11) is 4.11. The number of para-hydroxylation sites is 1. The molecule has 98 valence electrons. The number of nitrogens with zero attached hydrogens (tertiary/aromatic N) is 3. The van der Waals surface area contributed by atoms with Gasteiger partial charge in [0, 0.05) is 24.0 Å². The van der Waals surface area contributed by atoms with E-state index >= 15 is 0 Å². The molecule has 1 aromatic carbocycles. The van der Waals surface area contributed by atoms with Crippen molar-refractivity contribution in [3.8, 4) is 0 Å². The smallest absolute Gasteiger partial charge is 0.153 e. The minimum atomic E-state index is 0.856. The lowest BCUT2D eigenvalue weighted by Crippen LogP contribution is -2.21. The van der Waals surface area contributed by atoms with Gasteiger partial charge in [0.1, 0.15) is 17.4 Å². The Kier molecular flexibility index (Phi) is 3.05. The molecule has 2 heterocycles. The summed E-state index contributed by atoms with van der Waals surface area (Å²) in [6, 6.07) is 8.17. The SMILES string of the molecule is CN(C)CCNc1ncnc2c1[nH]c1ccccc12. The number of likely N-dealkylation sites (N-methyl/N-ethyl adjacent to an activating group) is 1. The quantitative estimate of drug-likeness (QED) is 0.749. The van der Waals surface area contributed by atoms with Gasteiger partial charge in [0.05, 0.1) is 0 Å². The van der Waals surface area contributed by atoms with Crippen LogP contribution in [0.1, 0.15) is 0 Å². The molecule has 0 saturated carbocycles. The molecular formula is C14H17N5. The van der Waals surface area contributed by atoms with Crippen LogP contribution in [0, 0.1) is 0 Å². The monoisotopic (exact) mass is 255 g/mol. The number of hydrogen-bond donors (Lipinski definition) is 2. The number of benzene rings is 1. The van der Waals surface area contributed by atoms with Crippen molar-refractivity contribution in [3.05, 3.63) is 30.6 Å². The van der Waals surface area contributed by atoms with Crippen LogP contribution in [0.4, 0.5) is 5.82 Å². The first-order valence-corrected chi connectivity index (χ1v) is 6.36. The predicted molar refractivity (Wildman–Crippen MR) is 78.4 cm³/mol. The van der Waals surface area contributed by atoms with E-state index in [-0.39, 0.29) is 0 Å². The van der Waals surface area contributed by atoms with Crippen LogP contribution in [-0.4, -0.2) is 47.0 Å². The maximum absolute atomic E-state index is 4.38. The third-order valence-corrected chi connectivity index (χ3v) is 3.14. The zero-order valence-electron chi connectivity index (χ0n) is 11.1. The van der Waals surface area contributed by atoms with Gasteiger partial charge in [0.15, 0.2) is 5.82 Å². The average Bonchev–Trinajstić information content (AvgIpc) is 2.78. The van der Waals surface area contributed by atoms with Gasteiger partial charge in [0.25, 0.3) is 0 Å². The van der Waals surface area contributed by atoms with Gasteiger partial charge in [-0.3, -0.25) is 0 Å². The van der Waals surface area contributed by atoms with E-state index in [1.165, 1.54) is 0 Å². The van der Waals surface area contributed by atoms with Gasteiger partial charge in [-0.25, -0.2) is 9.97 Å². The second kappa shape index (κ2) is 4.85. The van der Waals surface area contributed by atoms with Crippen LogP contribution in [0.15, 0.2) is 30.6 Å². The van der Waals surface area contributed by atoms with E-state index in [0.29, 0.717) is 0 Å². The number of fused-ring (bicyclic) bond motifs is 3. The Labute approximate surface area is 111 Å². The Morgan fingerprint density at radius 2 is 2.05 bits per heavy atom. The molecule has 0 saturated heterocycles. The van der Waals surface area contributed by atoms with Gasteiger partial charge in [-0.2, -0.15) is 0 Å². The van der Waals surface area contributed by atoms with Crippen LogP contribution < -0.4 is 5.32 Å². The van der Waals surface area contributed by atoms with Gasteiger partial charge in [-0.05, 0) is 20.2 Å². The summed E-state index contributed by atoms with van der Waals surface area (Å²) >= 11 is 0. The van der Waals surface area contributed by atoms with Crippen LogP contribution >= 0.6 is 0 Å². The maximum atomic E-state index is 4.38. The first-order valence-electron chi connectivity index (χ1n) is 6.36. The Bertz CT molecular complexity index is 701. The Morgan fingerprint density at radius 1 is 1.21 bits per heavy atom. The van der Waals surface area contributed by atoms with Crippen LogP contribution in [0.3, 0.4) is 0 Å². The second-order valence-corrected chi connectivity index (χ2v) is 4.85. The number of nitrogens with one attached hydrogen (secondary N) is 2. The average molecular weight is 255 g/mol. The lowest BCUT2D eigenvalue weighted by molar-refractivity contribution is 0.425. The van der Waals surface area contributed by atoms with Crippen LogP contribution in [0.2, 0.25) is 0 Å². The molecule has 19 heavy (non-hydrogen) atoms. The summed E-state index contributed by atoms with van der Waals surface area (Å²) in [5.74, 6) is 0.864. The molecule has 0 spiro atoms. The van der Waals surface area contributed by atoms with Crippen LogP contribution in [0.25, 0.3) is 21.9 Å². The maximum Gasteiger partial charge on any atom is 0.153 e. The van der Waals surface area contributed by atoms with Gasteiger partial charge < -0.3 is 15.2 Å². The van der Waals surface area contributed by atoms with E-state index in [9.17, 15) is 0 Å². The molecule has 3 rings (SSSR count). The van der Waals surface area contributed by atoms with Crippen LogP contribution in [-0.2, 0) is 0 Å². The molecule has 3 aromatic rings. The van der Waals surface area contributed by atoms with Crippen molar-refractivity contribution in [1.29, 1.82) is 0 Å². The molecule has 0 bridgehead atoms. The number of aromatic amines is 1. The number of anilines is 1. The van der Waals surface area contributed by atoms with Crippen molar-refractivity contribution >= 4 is 27.8 Å². The van der Waals surface area contributed by atoms with E-state index in [0.717, 1.165) is 40.8 Å². The number of hydrogen-bond acceptors (Lipinski definition) is 4. The largest absolute Gasteiger partial charge is 0.367 e. The molecule has 0 atom stereocenters. The highest BCUT2D eigenvalue weighted by Crippen LogP contribution is 2.26. The first kappa shape index (κ1) is 11.9. The summed E-state index contributed by atoms with van der Waals surface area (Å²) in [6.45, 7) is 1.82. The standard InChI is InChI=1S/C14H17N5/c1-19(2)8-7-15-14-13-12(16-9-17-14)10-5-3-4-6-11(10)18-13/h3-6,9,18H,7-8H2,1-2H3,(H,15,16,17). The number of rotatable bonds is 4. The van der Waals surface area contributed by atoms with E-state index in [1.807, 2.05) is 12.1 Å². The highest BCUT2D eigenvalue weighted by Gasteiger charge is 2.09. The number of H-pyrrole nitrogens is 1. The molecule has 2 aromatic heterocycles. The molecule has 0 radical (unpaired) electrons. The van der Waals surface area contributed by atoms with Crippen molar-refractivity contribution in [2.45, 2.75) is 0 Å². The lowest BCUT2D eigenvalue weighted by atomic mass is 10.2. The summed E-state index contributed by atoms with van der Waals surface area (Å²) in [5.41, 5.74) is 3.04. The fraction of sp³-hybridized carbons (Fsp3) is 0.286. The molecule has 0 amide bonds. The Morgan fingerprint density at radius 3 is 2.89 bits per heavy atom. The van der Waals surface area contributed by atoms with Crippen molar-refractivity contribution in [1.82, 2.24) is 19.9 Å². The molecule has 0 aliphatic rings. The van der Waals surface area contributed by atoms with Gasteiger partial charge in [0.2, 0.25) is 0 Å². The van der Waals surface area contributed by atoms with Gasteiger partial charge >= 0.3 is 0 Å². The highest BCUT2D eigenvalue weighted by atomic mass is 15.1. The highest BCUT2D eigenvalue weighted by molar-refractivity contribution is 6.07. The van der Waals surface area contributed by atoms with Crippen molar-refractivity contribution in [2.24, 2.45) is 0 Å². The third kappa shape index (κ3) is 2.24. The Hall–Kier alpha value is -2.14. The zero-order valence-corrected chi connectivity index (χ0v) is 11.1. The third-order valence-electron chi connectivity index (χ3n) is 3.14. The minimum Gasteiger partial charge on any atom is -0.367 e. The summed E-state index contributed by atoms with van der Waals surface area (Å²) < 4.78 is 0. The molecular weight excluding hydrogens is 238 g/mol. The van der Waals surface area contributed by atoms with Gasteiger partial charge in [-0.15, -0.1) is 0 Å². The zero-order chi connectivity index (χ0) is 13.2.